The van der Waals surface area contributed by atoms with Crippen LogP contribution in [0.1, 0.15) is 35.5 Å². The summed E-state index contributed by atoms with van der Waals surface area (Å²) in [5.41, 5.74) is 0.410. The van der Waals surface area contributed by atoms with Crippen molar-refractivity contribution in [3.05, 3.63) is 76.5 Å². The molecule has 2 heterocycles. The van der Waals surface area contributed by atoms with Gasteiger partial charge in [-0.1, -0.05) is 41.6 Å². The molecule has 0 fully saturated rings. The van der Waals surface area contributed by atoms with Gasteiger partial charge in [0, 0.05) is 17.3 Å². The van der Waals surface area contributed by atoms with E-state index >= 15 is 0 Å². The minimum absolute atomic E-state index is 0.0223. The van der Waals surface area contributed by atoms with Crippen molar-refractivity contribution in [2.24, 2.45) is 5.41 Å². The Balaban J connectivity index is 1.79. The highest BCUT2D eigenvalue weighted by atomic mass is 35.5. The number of hydrogen-bond donors (Lipinski definition) is 1. The summed E-state index contributed by atoms with van der Waals surface area (Å²) in [6.07, 6.45) is 2.67. The molecule has 2 aromatic heterocycles. The SMILES string of the molecule is CC(C)(C#N)Cn1ncc(Cl)c1C(=O)Nc1ncc(C#Cc2ccccc2)cc1F. The van der Waals surface area contributed by atoms with E-state index in [0.29, 0.717) is 5.56 Å². The number of hydrogen-bond acceptors (Lipinski definition) is 4. The number of carbonyl (C=O) groups is 1. The van der Waals surface area contributed by atoms with Crippen molar-refractivity contribution in [2.45, 2.75) is 20.4 Å². The molecular weight excluding hydrogens is 405 g/mol. The van der Waals surface area contributed by atoms with Crippen LogP contribution >= 0.6 is 11.6 Å². The zero-order valence-electron chi connectivity index (χ0n) is 16.3. The number of nitrogens with zero attached hydrogens (tertiary/aromatic N) is 4. The van der Waals surface area contributed by atoms with Gasteiger partial charge in [0.25, 0.3) is 5.91 Å². The minimum Gasteiger partial charge on any atom is -0.303 e. The highest BCUT2D eigenvalue weighted by Crippen LogP contribution is 2.23. The number of amides is 1. The largest absolute Gasteiger partial charge is 0.303 e. The summed E-state index contributed by atoms with van der Waals surface area (Å²) in [4.78, 5) is 16.6. The molecule has 0 unspecified atom stereocenters. The molecule has 3 aromatic rings. The predicted molar refractivity (Wildman–Crippen MR) is 111 cm³/mol. The molecule has 0 spiro atoms. The highest BCUT2D eigenvalue weighted by Gasteiger charge is 2.25. The van der Waals surface area contributed by atoms with E-state index in [1.807, 2.05) is 30.3 Å². The summed E-state index contributed by atoms with van der Waals surface area (Å²) in [6.45, 7) is 3.56. The lowest BCUT2D eigenvalue weighted by atomic mass is 9.96. The number of nitriles is 1. The van der Waals surface area contributed by atoms with Gasteiger partial charge >= 0.3 is 0 Å². The summed E-state index contributed by atoms with van der Waals surface area (Å²) < 4.78 is 15.8. The van der Waals surface area contributed by atoms with Crippen LogP contribution < -0.4 is 5.32 Å². The second-order valence-electron chi connectivity index (χ2n) is 7.12. The van der Waals surface area contributed by atoms with Crippen molar-refractivity contribution in [1.29, 1.82) is 5.26 Å². The molecule has 0 saturated heterocycles. The van der Waals surface area contributed by atoms with Crippen LogP contribution in [0.3, 0.4) is 0 Å². The van der Waals surface area contributed by atoms with Gasteiger partial charge in [-0.2, -0.15) is 10.4 Å². The molecule has 0 atom stereocenters. The van der Waals surface area contributed by atoms with E-state index in [1.165, 1.54) is 23.1 Å². The number of aromatic nitrogens is 3. The van der Waals surface area contributed by atoms with Crippen molar-refractivity contribution in [3.63, 3.8) is 0 Å². The normalized spacial score (nSPS) is 10.6. The Kier molecular flexibility index (Phi) is 6.15. The van der Waals surface area contributed by atoms with Gasteiger partial charge < -0.3 is 5.32 Å². The first-order valence-corrected chi connectivity index (χ1v) is 9.33. The Morgan fingerprint density at radius 2 is 1.93 bits per heavy atom. The standard InChI is InChI=1S/C22H17ClFN5O/c1-22(2,13-25)14-29-19(17(23)12-27-29)21(30)28-20-18(24)10-16(11-26-20)9-8-15-6-4-3-5-7-15/h3-7,10-12H,14H2,1-2H3,(H,26,28,30). The second kappa shape index (κ2) is 8.77. The van der Waals surface area contributed by atoms with Gasteiger partial charge in [0.15, 0.2) is 11.6 Å². The van der Waals surface area contributed by atoms with Crippen molar-refractivity contribution < 1.29 is 9.18 Å². The third kappa shape index (κ3) is 5.02. The van der Waals surface area contributed by atoms with Crippen LogP contribution in [0.15, 0.2) is 48.8 Å². The molecule has 30 heavy (non-hydrogen) atoms. The summed E-state index contributed by atoms with van der Waals surface area (Å²) in [5, 5.41) is 15.7. The molecule has 3 rings (SSSR count). The Labute approximate surface area is 178 Å². The molecular formula is C22H17ClFN5O. The minimum atomic E-state index is -0.771. The van der Waals surface area contributed by atoms with Crippen molar-refractivity contribution in [2.75, 3.05) is 5.32 Å². The maximum atomic E-state index is 14.5. The fourth-order valence-electron chi connectivity index (χ4n) is 2.55. The number of nitrogens with one attached hydrogen (secondary N) is 1. The molecule has 150 valence electrons. The Hall–Kier alpha value is -3.68. The van der Waals surface area contributed by atoms with E-state index in [1.54, 1.807) is 13.8 Å². The monoisotopic (exact) mass is 421 g/mol. The first-order chi connectivity index (χ1) is 14.3. The second-order valence-corrected chi connectivity index (χ2v) is 7.53. The molecule has 0 saturated carbocycles. The smallest absolute Gasteiger partial charge is 0.276 e. The van der Waals surface area contributed by atoms with Gasteiger partial charge in [0.05, 0.1) is 29.2 Å². The molecule has 0 radical (unpaired) electrons. The van der Waals surface area contributed by atoms with Gasteiger partial charge in [-0.15, -0.1) is 0 Å². The fraction of sp³-hybridized carbons (Fsp3) is 0.182. The van der Waals surface area contributed by atoms with Crippen LogP contribution in [0.5, 0.6) is 0 Å². The lowest BCUT2D eigenvalue weighted by Crippen LogP contribution is -2.25. The highest BCUT2D eigenvalue weighted by molar-refractivity contribution is 6.34. The summed E-state index contributed by atoms with van der Waals surface area (Å²) >= 11 is 6.08. The van der Waals surface area contributed by atoms with Gasteiger partial charge in [0.2, 0.25) is 0 Å². The molecule has 0 aliphatic rings. The van der Waals surface area contributed by atoms with Crippen molar-refractivity contribution >= 4 is 23.3 Å². The zero-order chi connectivity index (χ0) is 21.7. The number of rotatable bonds is 4. The van der Waals surface area contributed by atoms with E-state index in [9.17, 15) is 14.4 Å². The lowest BCUT2D eigenvalue weighted by molar-refractivity contribution is 0.101. The number of pyridine rings is 1. The van der Waals surface area contributed by atoms with Gasteiger partial charge in [-0.05, 0) is 32.0 Å². The average Bonchev–Trinajstić information content (AvgIpc) is 3.08. The van der Waals surface area contributed by atoms with Crippen LogP contribution in [0.4, 0.5) is 10.2 Å². The molecule has 1 N–H and O–H groups in total. The molecule has 0 bridgehead atoms. The Bertz CT molecular complexity index is 1190. The van der Waals surface area contributed by atoms with E-state index in [0.717, 1.165) is 5.56 Å². The third-order valence-corrected chi connectivity index (χ3v) is 4.33. The Morgan fingerprint density at radius 1 is 1.23 bits per heavy atom. The van der Waals surface area contributed by atoms with Crippen LogP contribution in [0.25, 0.3) is 0 Å². The van der Waals surface area contributed by atoms with Crippen LogP contribution in [0, 0.1) is 34.4 Å². The fourth-order valence-corrected chi connectivity index (χ4v) is 2.78. The van der Waals surface area contributed by atoms with Crippen molar-refractivity contribution in [1.82, 2.24) is 14.8 Å². The van der Waals surface area contributed by atoms with Crippen LogP contribution in [-0.4, -0.2) is 20.7 Å². The number of halogens is 2. The topological polar surface area (TPSA) is 83.6 Å². The summed E-state index contributed by atoms with van der Waals surface area (Å²) in [7, 11) is 0. The van der Waals surface area contributed by atoms with Crippen molar-refractivity contribution in [3.8, 4) is 17.9 Å². The van der Waals surface area contributed by atoms with E-state index < -0.39 is 17.1 Å². The van der Waals surface area contributed by atoms with E-state index in [-0.39, 0.29) is 23.1 Å². The zero-order valence-corrected chi connectivity index (χ0v) is 17.0. The summed E-state index contributed by atoms with van der Waals surface area (Å²) in [6, 6.07) is 12.6. The molecule has 0 aliphatic heterocycles. The van der Waals surface area contributed by atoms with Gasteiger partial charge in [-0.25, -0.2) is 9.37 Å². The van der Waals surface area contributed by atoms with E-state index in [2.05, 4.69) is 33.3 Å². The first kappa shape index (κ1) is 21.0. The predicted octanol–water partition coefficient (Wildman–Crippen LogP) is 4.27. The molecule has 6 nitrogen and oxygen atoms in total. The quantitative estimate of drug-likeness (QED) is 0.637. The number of benzene rings is 1. The number of carbonyl (C=O) groups excluding carboxylic acids is 1. The molecule has 8 heteroatoms. The summed E-state index contributed by atoms with van der Waals surface area (Å²) in [5.74, 6) is 4.07. The average molecular weight is 422 g/mol. The number of anilines is 1. The van der Waals surface area contributed by atoms with Crippen LogP contribution in [0.2, 0.25) is 5.02 Å². The Morgan fingerprint density at radius 3 is 2.60 bits per heavy atom. The molecule has 1 amide bonds. The molecule has 0 aliphatic carbocycles. The lowest BCUT2D eigenvalue weighted by Gasteiger charge is -2.17. The van der Waals surface area contributed by atoms with Crippen LogP contribution in [-0.2, 0) is 6.54 Å². The molecule has 1 aromatic carbocycles. The first-order valence-electron chi connectivity index (χ1n) is 8.95. The van der Waals surface area contributed by atoms with E-state index in [4.69, 9.17) is 11.6 Å². The van der Waals surface area contributed by atoms with Gasteiger partial charge in [-0.3, -0.25) is 9.48 Å². The maximum Gasteiger partial charge on any atom is 0.276 e. The third-order valence-electron chi connectivity index (χ3n) is 4.06. The maximum absolute atomic E-state index is 14.5. The van der Waals surface area contributed by atoms with Gasteiger partial charge in [0.1, 0.15) is 5.69 Å².